The topological polar surface area (TPSA) is 74.4 Å². The number of carbonyl (C=O) groups is 1. The van der Waals surface area contributed by atoms with E-state index in [9.17, 15) is 4.79 Å². The number of nitrogens with two attached hydrogens (primary N) is 1. The Balaban J connectivity index is 2.97. The first kappa shape index (κ1) is 15.4. The maximum atomic E-state index is 12.1. The van der Waals surface area contributed by atoms with Crippen molar-refractivity contribution in [3.63, 3.8) is 0 Å². The number of hydrogen-bond donors (Lipinski definition) is 1. The summed E-state index contributed by atoms with van der Waals surface area (Å²) in [5.74, 6) is 0.271. The number of pyridine rings is 1. The first-order chi connectivity index (χ1) is 9.11. The molecule has 0 radical (unpaired) electrons. The van der Waals surface area contributed by atoms with Crippen LogP contribution in [0.15, 0.2) is 18.2 Å². The lowest BCUT2D eigenvalue weighted by Crippen LogP contribution is -2.41. The summed E-state index contributed by atoms with van der Waals surface area (Å²) in [6.45, 7) is 4.32. The number of nitrogens with zero attached hydrogens (tertiary/aromatic N) is 1. The Kier molecular flexibility index (Phi) is 5.76. The second-order valence-electron chi connectivity index (χ2n) is 4.41. The monoisotopic (exact) mass is 266 g/mol. The lowest BCUT2D eigenvalue weighted by Gasteiger charge is -2.28. The van der Waals surface area contributed by atoms with Crippen LogP contribution in [-0.4, -0.2) is 31.2 Å². The summed E-state index contributed by atoms with van der Waals surface area (Å²) < 4.78 is 10.2. The molecule has 1 heterocycles. The van der Waals surface area contributed by atoms with Gasteiger partial charge in [0.05, 0.1) is 19.1 Å². The van der Waals surface area contributed by atoms with Crippen LogP contribution in [0.3, 0.4) is 0 Å². The third kappa shape index (κ3) is 3.67. The zero-order chi connectivity index (χ0) is 14.3. The van der Waals surface area contributed by atoms with Crippen molar-refractivity contribution in [1.29, 1.82) is 0 Å². The number of ether oxygens (including phenoxy) is 2. The van der Waals surface area contributed by atoms with Gasteiger partial charge in [-0.1, -0.05) is 13.0 Å². The summed E-state index contributed by atoms with van der Waals surface area (Å²) >= 11 is 0. The third-order valence-corrected chi connectivity index (χ3v) is 3.29. The molecule has 1 unspecified atom stereocenters. The highest BCUT2D eigenvalue weighted by molar-refractivity contribution is 5.77. The number of methoxy groups -OCH3 is 1. The van der Waals surface area contributed by atoms with Crippen LogP contribution in [0.4, 0.5) is 0 Å². The van der Waals surface area contributed by atoms with Crippen LogP contribution in [0.25, 0.3) is 0 Å². The summed E-state index contributed by atoms with van der Waals surface area (Å²) in [5, 5.41) is 0. The summed E-state index contributed by atoms with van der Waals surface area (Å²) in [6.07, 6.45) is 1.07. The Hall–Kier alpha value is -1.62. The molecule has 0 aromatic carbocycles. The second-order valence-corrected chi connectivity index (χ2v) is 4.41. The highest BCUT2D eigenvalue weighted by Gasteiger charge is 2.37. The van der Waals surface area contributed by atoms with E-state index in [-0.39, 0.29) is 12.5 Å². The fraction of sp³-hybridized carbons (Fsp3) is 0.571. The molecule has 0 aliphatic heterocycles. The molecule has 1 rings (SSSR count). The predicted molar refractivity (Wildman–Crippen MR) is 72.9 cm³/mol. The van der Waals surface area contributed by atoms with Crippen LogP contribution in [-0.2, 0) is 16.0 Å². The van der Waals surface area contributed by atoms with Crippen molar-refractivity contribution in [2.45, 2.75) is 26.7 Å². The van der Waals surface area contributed by atoms with Crippen molar-refractivity contribution in [2.75, 3.05) is 20.3 Å². The fourth-order valence-corrected chi connectivity index (χ4v) is 1.94. The Labute approximate surface area is 114 Å². The number of hydrogen-bond acceptors (Lipinski definition) is 5. The minimum absolute atomic E-state index is 0.237. The van der Waals surface area contributed by atoms with Crippen molar-refractivity contribution in [2.24, 2.45) is 11.1 Å². The maximum absolute atomic E-state index is 12.1. The molecule has 0 fully saturated rings. The normalized spacial score (nSPS) is 13.7. The van der Waals surface area contributed by atoms with Gasteiger partial charge >= 0.3 is 5.97 Å². The van der Waals surface area contributed by atoms with Gasteiger partial charge in [-0.25, -0.2) is 4.98 Å². The van der Waals surface area contributed by atoms with Crippen LogP contribution in [0.2, 0.25) is 0 Å². The van der Waals surface area contributed by atoms with E-state index in [0.29, 0.717) is 25.3 Å². The van der Waals surface area contributed by atoms with E-state index in [1.807, 2.05) is 19.1 Å². The number of rotatable bonds is 7. The molecule has 2 N–H and O–H groups in total. The zero-order valence-electron chi connectivity index (χ0n) is 11.8. The third-order valence-electron chi connectivity index (χ3n) is 3.29. The molecule has 0 saturated heterocycles. The molecule has 0 aliphatic rings. The molecule has 19 heavy (non-hydrogen) atoms. The molecule has 0 bridgehead atoms. The molecular formula is C14H22N2O3. The van der Waals surface area contributed by atoms with Crippen molar-refractivity contribution >= 4 is 5.97 Å². The molecular weight excluding hydrogens is 244 g/mol. The lowest BCUT2D eigenvalue weighted by atomic mass is 9.80. The van der Waals surface area contributed by atoms with Crippen molar-refractivity contribution in [3.05, 3.63) is 23.9 Å². The smallest absolute Gasteiger partial charge is 0.313 e. The van der Waals surface area contributed by atoms with E-state index in [1.54, 1.807) is 20.1 Å². The second kappa shape index (κ2) is 7.09. The summed E-state index contributed by atoms with van der Waals surface area (Å²) in [6, 6.07) is 5.48. The van der Waals surface area contributed by atoms with Crippen molar-refractivity contribution in [1.82, 2.24) is 4.98 Å². The molecule has 1 aromatic heterocycles. The van der Waals surface area contributed by atoms with E-state index in [2.05, 4.69) is 4.98 Å². The SMILES string of the molecule is CCOC(=O)C(CC)(CN)Cc1cccc(OC)n1. The summed E-state index contributed by atoms with van der Waals surface area (Å²) in [4.78, 5) is 16.5. The van der Waals surface area contributed by atoms with Gasteiger partial charge in [-0.3, -0.25) is 4.79 Å². The molecule has 5 nitrogen and oxygen atoms in total. The molecule has 0 spiro atoms. The Morgan fingerprint density at radius 3 is 2.68 bits per heavy atom. The quantitative estimate of drug-likeness (QED) is 0.758. The van der Waals surface area contributed by atoms with Gasteiger partial charge in [0.2, 0.25) is 5.88 Å². The first-order valence-corrected chi connectivity index (χ1v) is 6.49. The van der Waals surface area contributed by atoms with Gasteiger partial charge in [-0.15, -0.1) is 0 Å². The zero-order valence-corrected chi connectivity index (χ0v) is 11.8. The fourth-order valence-electron chi connectivity index (χ4n) is 1.94. The van der Waals surface area contributed by atoms with E-state index in [4.69, 9.17) is 15.2 Å². The van der Waals surface area contributed by atoms with Crippen molar-refractivity contribution < 1.29 is 14.3 Å². The molecule has 0 aliphatic carbocycles. The predicted octanol–water partition coefficient (Wildman–Crippen LogP) is 1.55. The van der Waals surface area contributed by atoms with E-state index >= 15 is 0 Å². The van der Waals surface area contributed by atoms with Gasteiger partial charge in [-0.05, 0) is 19.4 Å². The van der Waals surface area contributed by atoms with Gasteiger partial charge < -0.3 is 15.2 Å². The molecule has 1 aromatic rings. The maximum Gasteiger partial charge on any atom is 0.313 e. The van der Waals surface area contributed by atoms with Gasteiger partial charge in [0.25, 0.3) is 0 Å². The average molecular weight is 266 g/mol. The van der Waals surface area contributed by atoms with Crippen LogP contribution >= 0.6 is 0 Å². The van der Waals surface area contributed by atoms with Crippen LogP contribution in [0.1, 0.15) is 26.0 Å². The molecule has 0 saturated carbocycles. The van der Waals surface area contributed by atoms with E-state index in [1.165, 1.54) is 0 Å². The standard InChI is InChI=1S/C14H22N2O3/c1-4-14(10-15,13(17)19-5-2)9-11-7-6-8-12(16-11)18-3/h6-8H,4-5,9-10,15H2,1-3H3. The Morgan fingerprint density at radius 1 is 1.42 bits per heavy atom. The lowest BCUT2D eigenvalue weighted by molar-refractivity contribution is -0.155. The van der Waals surface area contributed by atoms with Gasteiger partial charge in [-0.2, -0.15) is 0 Å². The Bertz CT molecular complexity index is 417. The van der Waals surface area contributed by atoms with Crippen molar-refractivity contribution in [3.8, 4) is 5.88 Å². The molecule has 5 heteroatoms. The highest BCUT2D eigenvalue weighted by Crippen LogP contribution is 2.27. The van der Waals surface area contributed by atoms with E-state index in [0.717, 1.165) is 5.69 Å². The summed E-state index contributed by atoms with van der Waals surface area (Å²) in [7, 11) is 1.56. The minimum atomic E-state index is -0.713. The summed E-state index contributed by atoms with van der Waals surface area (Å²) in [5.41, 5.74) is 5.87. The van der Waals surface area contributed by atoms with Crippen LogP contribution in [0, 0.1) is 5.41 Å². The van der Waals surface area contributed by atoms with Crippen LogP contribution < -0.4 is 10.5 Å². The van der Waals surface area contributed by atoms with Crippen LogP contribution in [0.5, 0.6) is 5.88 Å². The number of esters is 1. The van der Waals surface area contributed by atoms with E-state index < -0.39 is 5.41 Å². The number of aromatic nitrogens is 1. The molecule has 1 atom stereocenters. The number of carbonyl (C=O) groups excluding carboxylic acids is 1. The van der Waals surface area contributed by atoms with Gasteiger partial charge in [0.1, 0.15) is 0 Å². The van der Waals surface area contributed by atoms with Gasteiger partial charge in [0.15, 0.2) is 0 Å². The molecule has 0 amide bonds. The molecule has 106 valence electrons. The minimum Gasteiger partial charge on any atom is -0.481 e. The average Bonchev–Trinajstić information content (AvgIpc) is 2.45. The van der Waals surface area contributed by atoms with Gasteiger partial charge in [0, 0.05) is 24.7 Å². The Morgan fingerprint density at radius 2 is 2.16 bits per heavy atom. The largest absolute Gasteiger partial charge is 0.481 e. The first-order valence-electron chi connectivity index (χ1n) is 6.49. The highest BCUT2D eigenvalue weighted by atomic mass is 16.5.